The van der Waals surface area contributed by atoms with E-state index in [9.17, 15) is 8.78 Å². The fourth-order valence-electron chi connectivity index (χ4n) is 3.14. The Kier molecular flexibility index (Phi) is 4.14. The van der Waals surface area contributed by atoms with Crippen molar-refractivity contribution in [2.75, 3.05) is 14.2 Å². The second kappa shape index (κ2) is 6.35. The summed E-state index contributed by atoms with van der Waals surface area (Å²) in [6.07, 6.45) is -0.381. The zero-order valence-corrected chi connectivity index (χ0v) is 14.7. The lowest BCUT2D eigenvalue weighted by Gasteiger charge is -2.11. The van der Waals surface area contributed by atoms with Crippen molar-refractivity contribution in [1.29, 1.82) is 0 Å². The van der Waals surface area contributed by atoms with Gasteiger partial charge < -0.3 is 9.47 Å². The van der Waals surface area contributed by atoms with Crippen molar-refractivity contribution in [2.45, 2.75) is 18.8 Å². The molecule has 0 N–H and O–H groups in total. The first-order chi connectivity index (χ1) is 12.5. The Hall–Kier alpha value is -2.48. The van der Waals surface area contributed by atoms with Gasteiger partial charge in [0.15, 0.2) is 0 Å². The third-order valence-corrected chi connectivity index (χ3v) is 4.84. The molecule has 9 heteroatoms. The summed E-state index contributed by atoms with van der Waals surface area (Å²) in [4.78, 5) is 8.24. The summed E-state index contributed by atoms with van der Waals surface area (Å²) in [6.45, 7) is 0. The molecule has 0 spiro atoms. The van der Waals surface area contributed by atoms with E-state index in [-0.39, 0.29) is 17.8 Å². The van der Waals surface area contributed by atoms with Crippen LogP contribution in [0.5, 0.6) is 11.9 Å². The molecular weight excluding hydrogens is 366 g/mol. The maximum atomic E-state index is 13.1. The quantitative estimate of drug-likeness (QED) is 0.673. The van der Waals surface area contributed by atoms with Gasteiger partial charge in [-0.3, -0.25) is 0 Å². The van der Waals surface area contributed by atoms with E-state index in [2.05, 4.69) is 15.1 Å². The lowest BCUT2D eigenvalue weighted by molar-refractivity contribution is 0.120. The first kappa shape index (κ1) is 17.0. The number of aromatic nitrogens is 4. The molecule has 3 aromatic rings. The highest BCUT2D eigenvalue weighted by molar-refractivity contribution is 6.30. The van der Waals surface area contributed by atoms with Gasteiger partial charge in [-0.1, -0.05) is 11.6 Å². The van der Waals surface area contributed by atoms with Crippen LogP contribution in [0.2, 0.25) is 5.15 Å². The molecule has 6 nitrogen and oxygen atoms in total. The van der Waals surface area contributed by atoms with Crippen LogP contribution >= 0.6 is 11.6 Å². The molecule has 4 rings (SSSR count). The predicted molar refractivity (Wildman–Crippen MR) is 91.2 cm³/mol. The van der Waals surface area contributed by atoms with Crippen LogP contribution < -0.4 is 9.47 Å². The second-order valence-corrected chi connectivity index (χ2v) is 6.45. The summed E-state index contributed by atoms with van der Waals surface area (Å²) in [5.41, 5.74) is 2.52. The normalized spacial score (nSPS) is 19.2. The van der Waals surface area contributed by atoms with Gasteiger partial charge in [0.05, 0.1) is 31.0 Å². The Bertz CT molecular complexity index is 979. The molecule has 2 atom stereocenters. The van der Waals surface area contributed by atoms with Crippen LogP contribution in [-0.2, 0) is 0 Å². The number of nitrogens with zero attached hydrogens (tertiary/aromatic N) is 4. The number of methoxy groups -OCH3 is 2. The van der Waals surface area contributed by atoms with Gasteiger partial charge in [-0.05, 0) is 36.1 Å². The molecule has 1 saturated carbocycles. The van der Waals surface area contributed by atoms with Gasteiger partial charge in [-0.15, -0.1) is 0 Å². The summed E-state index contributed by atoms with van der Waals surface area (Å²) in [5, 5.41) is 4.90. The van der Waals surface area contributed by atoms with E-state index in [1.807, 2.05) is 0 Å². The highest BCUT2D eigenvalue weighted by atomic mass is 35.5. The maximum Gasteiger partial charge on any atom is 0.319 e. The number of halogens is 3. The molecule has 26 heavy (non-hydrogen) atoms. The molecule has 1 aliphatic carbocycles. The summed E-state index contributed by atoms with van der Waals surface area (Å²) >= 11 is 6.22. The fraction of sp³-hybridized carbons (Fsp3) is 0.353. The highest BCUT2D eigenvalue weighted by Gasteiger charge is 2.46. The van der Waals surface area contributed by atoms with E-state index in [1.165, 1.54) is 24.9 Å². The minimum atomic E-state index is -2.35. The average molecular weight is 381 g/mol. The van der Waals surface area contributed by atoms with E-state index < -0.39 is 12.3 Å². The molecule has 3 heterocycles. The summed E-state index contributed by atoms with van der Waals surface area (Å²) in [5.74, 6) is -0.591. The van der Waals surface area contributed by atoms with Crippen LogP contribution in [0.1, 0.15) is 17.9 Å². The molecule has 1 fully saturated rings. The number of alkyl halides is 2. The Balaban J connectivity index is 1.88. The number of fused-ring (bicyclic) bond motifs is 1. The van der Waals surface area contributed by atoms with Crippen molar-refractivity contribution in [3.8, 4) is 23.1 Å². The van der Waals surface area contributed by atoms with Crippen LogP contribution in [0.3, 0.4) is 0 Å². The van der Waals surface area contributed by atoms with Gasteiger partial charge in [-0.25, -0.2) is 18.3 Å². The van der Waals surface area contributed by atoms with E-state index in [4.69, 9.17) is 21.1 Å². The molecule has 0 unspecified atom stereocenters. The third kappa shape index (κ3) is 2.74. The SMILES string of the molecule is COc1ncc(-c2cc([C@H]3C[C@@H]3C(F)F)c3ccc(Cl)n3n2)c(OC)n1. The maximum absolute atomic E-state index is 13.1. The minimum Gasteiger partial charge on any atom is -0.480 e. The molecule has 136 valence electrons. The van der Waals surface area contributed by atoms with Gasteiger partial charge >= 0.3 is 6.01 Å². The zero-order valence-electron chi connectivity index (χ0n) is 14.0. The third-order valence-electron chi connectivity index (χ3n) is 4.55. The predicted octanol–water partition coefficient (Wildman–Crippen LogP) is 3.83. The molecule has 0 radical (unpaired) electrons. The summed E-state index contributed by atoms with van der Waals surface area (Å²) < 4.78 is 38.0. The Morgan fingerprint density at radius 2 is 2.08 bits per heavy atom. The molecule has 3 aromatic heterocycles. The number of rotatable bonds is 5. The number of hydrogen-bond acceptors (Lipinski definition) is 5. The Labute approximate surface area is 152 Å². The first-order valence-electron chi connectivity index (χ1n) is 7.95. The zero-order chi connectivity index (χ0) is 18.4. The average Bonchev–Trinajstić information content (AvgIpc) is 3.38. The van der Waals surface area contributed by atoms with E-state index in [1.54, 1.807) is 18.2 Å². The number of hydrogen-bond donors (Lipinski definition) is 0. The van der Waals surface area contributed by atoms with Crippen molar-refractivity contribution in [2.24, 2.45) is 5.92 Å². The standard InChI is InChI=1S/C17H15ClF2N4O2/c1-25-16-11(7-21-17(22-16)26-2)12-6-9(8-5-10(8)15(19)20)13-3-4-14(18)24(13)23-12/h3-4,6-8,10,15H,5H2,1-2H3/t8-,10+/m1/s1. The largest absolute Gasteiger partial charge is 0.480 e. The van der Waals surface area contributed by atoms with Crippen LogP contribution in [0.4, 0.5) is 8.78 Å². The van der Waals surface area contributed by atoms with Gasteiger partial charge in [0.25, 0.3) is 0 Å². The lowest BCUT2D eigenvalue weighted by Crippen LogP contribution is -2.03. The Morgan fingerprint density at radius 3 is 2.73 bits per heavy atom. The molecule has 0 bridgehead atoms. The fourth-order valence-corrected chi connectivity index (χ4v) is 3.33. The minimum absolute atomic E-state index is 0.158. The molecule has 0 aliphatic heterocycles. The van der Waals surface area contributed by atoms with Crippen LogP contribution in [0, 0.1) is 5.92 Å². The molecular formula is C17H15ClF2N4O2. The highest BCUT2D eigenvalue weighted by Crippen LogP contribution is 2.52. The van der Waals surface area contributed by atoms with E-state index in [0.29, 0.717) is 22.8 Å². The van der Waals surface area contributed by atoms with Crippen molar-refractivity contribution >= 4 is 17.1 Å². The topological polar surface area (TPSA) is 61.5 Å². The first-order valence-corrected chi connectivity index (χ1v) is 8.33. The van der Waals surface area contributed by atoms with Gasteiger partial charge in [0.2, 0.25) is 12.3 Å². The van der Waals surface area contributed by atoms with Crippen molar-refractivity contribution in [3.63, 3.8) is 0 Å². The molecule has 0 saturated heterocycles. The summed E-state index contributed by atoms with van der Waals surface area (Å²) in [7, 11) is 2.93. The lowest BCUT2D eigenvalue weighted by atomic mass is 10.1. The van der Waals surface area contributed by atoms with Crippen molar-refractivity contribution in [3.05, 3.63) is 35.1 Å². The van der Waals surface area contributed by atoms with Gasteiger partial charge in [0, 0.05) is 12.1 Å². The van der Waals surface area contributed by atoms with Crippen LogP contribution in [0.25, 0.3) is 16.8 Å². The van der Waals surface area contributed by atoms with Crippen molar-refractivity contribution in [1.82, 2.24) is 19.6 Å². The molecule has 0 amide bonds. The smallest absolute Gasteiger partial charge is 0.319 e. The second-order valence-electron chi connectivity index (χ2n) is 6.06. The van der Waals surface area contributed by atoms with Gasteiger partial charge in [-0.2, -0.15) is 10.1 Å². The Morgan fingerprint density at radius 1 is 1.27 bits per heavy atom. The van der Waals surface area contributed by atoms with Crippen molar-refractivity contribution < 1.29 is 18.3 Å². The van der Waals surface area contributed by atoms with E-state index in [0.717, 1.165) is 11.1 Å². The van der Waals surface area contributed by atoms with E-state index >= 15 is 0 Å². The number of ether oxygens (including phenoxy) is 2. The molecule has 0 aromatic carbocycles. The van der Waals surface area contributed by atoms with Crippen LogP contribution in [-0.4, -0.2) is 40.2 Å². The summed E-state index contributed by atoms with van der Waals surface area (Å²) in [6, 6.07) is 5.42. The molecule has 1 aliphatic rings. The monoisotopic (exact) mass is 380 g/mol. The van der Waals surface area contributed by atoms with Crippen LogP contribution in [0.15, 0.2) is 24.4 Å². The van der Waals surface area contributed by atoms with Gasteiger partial charge in [0.1, 0.15) is 5.15 Å².